The first kappa shape index (κ1) is 22.8. The Balaban J connectivity index is 1.56. The van der Waals surface area contributed by atoms with E-state index in [4.69, 9.17) is 0 Å². The Morgan fingerprint density at radius 3 is 2.16 bits per heavy atom. The number of carbonyl (C=O) groups excluding carboxylic acids is 3. The van der Waals surface area contributed by atoms with Crippen molar-refractivity contribution < 1.29 is 14.4 Å². The molecule has 6 heteroatoms. The van der Waals surface area contributed by atoms with Crippen LogP contribution in [0.1, 0.15) is 95.6 Å². The third-order valence-electron chi connectivity index (χ3n) is 7.38. The highest BCUT2D eigenvalue weighted by atomic mass is 16.2. The van der Waals surface area contributed by atoms with Crippen LogP contribution < -0.4 is 5.32 Å². The number of urea groups is 1. The Bertz CT molecular complexity index is 871. The molecule has 0 radical (unpaired) electrons. The van der Waals surface area contributed by atoms with Gasteiger partial charge < -0.3 is 10.2 Å². The number of nitrogens with one attached hydrogen (secondary N) is 1. The van der Waals surface area contributed by atoms with Gasteiger partial charge in [-0.15, -0.1) is 0 Å². The molecule has 1 heterocycles. The lowest BCUT2D eigenvalue weighted by atomic mass is 9.80. The number of amides is 4. The fourth-order valence-corrected chi connectivity index (χ4v) is 5.37. The molecule has 0 bridgehead atoms. The fourth-order valence-electron chi connectivity index (χ4n) is 5.37. The molecule has 4 amide bonds. The Kier molecular flexibility index (Phi) is 6.33. The van der Waals surface area contributed by atoms with E-state index >= 15 is 0 Å². The van der Waals surface area contributed by atoms with Crippen molar-refractivity contribution in [3.8, 4) is 0 Å². The minimum absolute atomic E-state index is 0.167. The molecule has 1 N–H and O–H groups in total. The summed E-state index contributed by atoms with van der Waals surface area (Å²) >= 11 is 0. The zero-order chi connectivity index (χ0) is 23.0. The average molecular weight is 440 g/mol. The minimum atomic E-state index is -0.725. The lowest BCUT2D eigenvalue weighted by Crippen LogP contribution is -2.51. The molecule has 3 fully saturated rings. The van der Waals surface area contributed by atoms with Crippen LogP contribution in [0.25, 0.3) is 0 Å². The summed E-state index contributed by atoms with van der Waals surface area (Å²) in [6, 6.07) is 5.82. The van der Waals surface area contributed by atoms with Gasteiger partial charge in [0.05, 0.1) is 0 Å². The summed E-state index contributed by atoms with van der Waals surface area (Å²) in [5, 5.41) is 3.07. The normalized spacial score (nSPS) is 20.7. The van der Waals surface area contributed by atoms with Gasteiger partial charge in [0, 0.05) is 12.2 Å². The number of benzene rings is 1. The van der Waals surface area contributed by atoms with Crippen LogP contribution in [0.4, 0.5) is 10.5 Å². The first-order chi connectivity index (χ1) is 15.2. The Morgan fingerprint density at radius 2 is 1.62 bits per heavy atom. The van der Waals surface area contributed by atoms with Crippen LogP contribution in [0.2, 0.25) is 0 Å². The van der Waals surface area contributed by atoms with Crippen LogP contribution in [-0.4, -0.2) is 46.3 Å². The van der Waals surface area contributed by atoms with Crippen molar-refractivity contribution in [2.45, 2.75) is 90.0 Å². The second kappa shape index (κ2) is 8.87. The van der Waals surface area contributed by atoms with Crippen molar-refractivity contribution in [3.63, 3.8) is 0 Å². The molecule has 1 aromatic carbocycles. The van der Waals surface area contributed by atoms with Crippen molar-refractivity contribution in [1.29, 1.82) is 0 Å². The summed E-state index contributed by atoms with van der Waals surface area (Å²) in [5.41, 5.74) is 2.24. The molecule has 174 valence electrons. The van der Waals surface area contributed by atoms with E-state index in [0.717, 1.165) is 61.8 Å². The molecule has 1 spiro atoms. The maximum absolute atomic E-state index is 13.5. The van der Waals surface area contributed by atoms with Crippen LogP contribution in [0, 0.1) is 5.92 Å². The minimum Gasteiger partial charge on any atom is -0.324 e. The average Bonchev–Trinajstić information content (AvgIpc) is 3.57. The molecule has 0 atom stereocenters. The van der Waals surface area contributed by atoms with E-state index in [9.17, 15) is 14.4 Å². The summed E-state index contributed by atoms with van der Waals surface area (Å²) in [5.74, 6) is 0.531. The topological polar surface area (TPSA) is 69.7 Å². The molecule has 2 aliphatic carbocycles. The molecule has 6 nitrogen and oxygen atoms in total. The zero-order valence-corrected chi connectivity index (χ0v) is 19.9. The standard InChI is InChI=1S/C26H37N3O3/c1-17(2)20-9-8-10-21(18(3)4)23(20)27-22(30)16-28-24(31)26(13-6-5-7-14-26)29(25(28)32)15-19-11-12-19/h8-10,17-19H,5-7,11-16H2,1-4H3,(H,27,30). The van der Waals surface area contributed by atoms with Crippen molar-refractivity contribution >= 4 is 23.5 Å². The van der Waals surface area contributed by atoms with E-state index < -0.39 is 5.54 Å². The molecule has 32 heavy (non-hydrogen) atoms. The molecule has 0 unspecified atom stereocenters. The van der Waals surface area contributed by atoms with Gasteiger partial charge in [-0.1, -0.05) is 65.2 Å². The predicted octanol–water partition coefficient (Wildman–Crippen LogP) is 5.25. The molecule has 4 rings (SSSR count). The van der Waals surface area contributed by atoms with E-state index in [1.165, 1.54) is 4.90 Å². The largest absolute Gasteiger partial charge is 0.328 e. The maximum atomic E-state index is 13.5. The smallest absolute Gasteiger partial charge is 0.324 e. The molecular formula is C26H37N3O3. The zero-order valence-electron chi connectivity index (χ0n) is 19.9. The highest BCUT2D eigenvalue weighted by Gasteiger charge is 2.58. The van der Waals surface area contributed by atoms with E-state index in [-0.39, 0.29) is 36.2 Å². The first-order valence-electron chi connectivity index (χ1n) is 12.3. The lowest BCUT2D eigenvalue weighted by molar-refractivity contribution is -0.136. The first-order valence-corrected chi connectivity index (χ1v) is 12.3. The maximum Gasteiger partial charge on any atom is 0.328 e. The highest BCUT2D eigenvalue weighted by molar-refractivity contribution is 6.10. The number of para-hydroxylation sites is 1. The van der Waals surface area contributed by atoms with Gasteiger partial charge in [0.1, 0.15) is 12.1 Å². The van der Waals surface area contributed by atoms with Gasteiger partial charge in [0.2, 0.25) is 5.91 Å². The number of hydrogen-bond donors (Lipinski definition) is 1. The number of anilines is 1. The van der Waals surface area contributed by atoms with Crippen molar-refractivity contribution in [1.82, 2.24) is 9.80 Å². The molecule has 2 saturated carbocycles. The molecule has 1 aromatic rings. The van der Waals surface area contributed by atoms with Crippen molar-refractivity contribution in [3.05, 3.63) is 29.3 Å². The third-order valence-corrected chi connectivity index (χ3v) is 7.38. The fraction of sp³-hybridized carbons (Fsp3) is 0.654. The Hall–Kier alpha value is -2.37. The Morgan fingerprint density at radius 1 is 1.03 bits per heavy atom. The SMILES string of the molecule is CC(C)c1cccc(C(C)C)c1NC(=O)CN1C(=O)N(CC2CC2)C2(CCCCC2)C1=O. The lowest BCUT2D eigenvalue weighted by Gasteiger charge is -2.38. The second-order valence-corrected chi connectivity index (χ2v) is 10.5. The van der Waals surface area contributed by atoms with Gasteiger partial charge >= 0.3 is 6.03 Å². The second-order valence-electron chi connectivity index (χ2n) is 10.5. The highest BCUT2D eigenvalue weighted by Crippen LogP contribution is 2.43. The summed E-state index contributed by atoms with van der Waals surface area (Å²) in [6.45, 7) is 8.84. The van der Waals surface area contributed by atoms with E-state index in [1.54, 1.807) is 0 Å². The van der Waals surface area contributed by atoms with E-state index in [1.807, 2.05) is 23.1 Å². The third kappa shape index (κ3) is 4.16. The van der Waals surface area contributed by atoms with Gasteiger partial charge in [-0.05, 0) is 54.6 Å². The van der Waals surface area contributed by atoms with Crippen LogP contribution >= 0.6 is 0 Å². The molecule has 1 aliphatic heterocycles. The van der Waals surface area contributed by atoms with Gasteiger partial charge in [-0.2, -0.15) is 0 Å². The number of imide groups is 1. The van der Waals surface area contributed by atoms with Crippen molar-refractivity contribution in [2.24, 2.45) is 5.92 Å². The summed E-state index contributed by atoms with van der Waals surface area (Å²) in [4.78, 5) is 43.1. The number of carbonyl (C=O) groups is 3. The molecule has 0 aromatic heterocycles. The molecule has 3 aliphatic rings. The van der Waals surface area contributed by atoms with Crippen LogP contribution in [0.5, 0.6) is 0 Å². The van der Waals surface area contributed by atoms with Gasteiger partial charge in [0.15, 0.2) is 0 Å². The van der Waals surface area contributed by atoms with E-state index in [0.29, 0.717) is 12.5 Å². The molecular weight excluding hydrogens is 402 g/mol. The Labute approximate surface area is 191 Å². The predicted molar refractivity (Wildman–Crippen MR) is 126 cm³/mol. The van der Waals surface area contributed by atoms with Gasteiger partial charge in [0.25, 0.3) is 5.91 Å². The van der Waals surface area contributed by atoms with Crippen LogP contribution in [0.15, 0.2) is 18.2 Å². The van der Waals surface area contributed by atoms with Crippen LogP contribution in [-0.2, 0) is 9.59 Å². The number of hydrogen-bond acceptors (Lipinski definition) is 3. The number of rotatable bonds is 7. The summed E-state index contributed by atoms with van der Waals surface area (Å²) < 4.78 is 0. The monoisotopic (exact) mass is 439 g/mol. The summed E-state index contributed by atoms with van der Waals surface area (Å²) in [6.07, 6.45) is 6.70. The van der Waals surface area contributed by atoms with Crippen molar-refractivity contribution in [2.75, 3.05) is 18.4 Å². The summed E-state index contributed by atoms with van der Waals surface area (Å²) in [7, 11) is 0. The molecule has 1 saturated heterocycles. The number of nitrogens with zero attached hydrogens (tertiary/aromatic N) is 2. The van der Waals surface area contributed by atoms with E-state index in [2.05, 4.69) is 33.0 Å². The van der Waals surface area contributed by atoms with Crippen LogP contribution in [0.3, 0.4) is 0 Å². The van der Waals surface area contributed by atoms with Gasteiger partial charge in [-0.3, -0.25) is 14.5 Å². The van der Waals surface area contributed by atoms with Gasteiger partial charge in [-0.25, -0.2) is 4.79 Å². The quantitative estimate of drug-likeness (QED) is 0.590.